The number of aliphatic hydroxyl groups is 1. The molecule has 0 saturated carbocycles. The number of likely N-dealkylation sites (N-methyl/N-ethyl adjacent to an activating group) is 1. The summed E-state index contributed by atoms with van der Waals surface area (Å²) in [5.41, 5.74) is -2.22. The first-order valence-electron chi connectivity index (χ1n) is 12.4. The summed E-state index contributed by atoms with van der Waals surface area (Å²) < 4.78 is 69.2. The van der Waals surface area contributed by atoms with Crippen LogP contribution in [-0.4, -0.2) is 65.6 Å². The monoisotopic (exact) mass is 613 g/mol. The highest BCUT2D eigenvalue weighted by atomic mass is 35.5. The number of nitrogens with zero attached hydrogens (tertiary/aromatic N) is 2. The lowest BCUT2D eigenvalue weighted by Crippen LogP contribution is -2.42. The molecule has 224 valence electrons. The Balaban J connectivity index is 1.79. The molecule has 3 amide bonds. The molecule has 0 spiro atoms. The van der Waals surface area contributed by atoms with E-state index in [9.17, 15) is 41.4 Å². The average molecular weight is 614 g/mol. The Morgan fingerprint density at radius 2 is 1.83 bits per heavy atom. The summed E-state index contributed by atoms with van der Waals surface area (Å²) in [7, 11) is 3.44. The zero-order chi connectivity index (χ0) is 30.9. The summed E-state index contributed by atoms with van der Waals surface area (Å²) in [6, 6.07) is 4.64. The molecular weight excluding hydrogens is 589 g/mol. The van der Waals surface area contributed by atoms with Gasteiger partial charge in [0.2, 0.25) is 5.91 Å². The minimum Gasteiger partial charge on any atom is -0.390 e. The summed E-state index contributed by atoms with van der Waals surface area (Å²) >= 11 is 6.30. The van der Waals surface area contributed by atoms with Crippen LogP contribution in [0.4, 0.5) is 27.6 Å². The Morgan fingerprint density at radius 3 is 2.50 bits per heavy atom. The predicted octanol–water partition coefficient (Wildman–Crippen LogP) is 3.56. The van der Waals surface area contributed by atoms with Crippen molar-refractivity contribution in [1.82, 2.24) is 20.1 Å². The third kappa shape index (κ3) is 6.89. The Bertz CT molecular complexity index is 1540. The molecule has 0 aliphatic carbocycles. The van der Waals surface area contributed by atoms with Crippen molar-refractivity contribution < 1.29 is 41.4 Å². The molecule has 0 radical (unpaired) electrons. The van der Waals surface area contributed by atoms with E-state index in [1.54, 1.807) is 19.0 Å². The number of benzene rings is 2. The molecule has 0 fully saturated rings. The van der Waals surface area contributed by atoms with Crippen molar-refractivity contribution in [3.8, 4) is 0 Å². The number of carbonyl (C=O) groups excluding carboxylic acids is 3. The lowest BCUT2D eigenvalue weighted by atomic mass is 10.0. The highest BCUT2D eigenvalue weighted by Crippen LogP contribution is 2.38. The number of rotatable bonds is 8. The molecule has 3 aromatic rings. The fourth-order valence-electron chi connectivity index (χ4n) is 4.58. The Morgan fingerprint density at radius 1 is 1.12 bits per heavy atom. The minimum atomic E-state index is -4.93. The van der Waals surface area contributed by atoms with Crippen LogP contribution in [-0.2, 0) is 17.5 Å². The molecule has 2 aromatic carbocycles. The Hall–Kier alpha value is -4.01. The van der Waals surface area contributed by atoms with Gasteiger partial charge in [-0.3, -0.25) is 14.4 Å². The molecule has 2 atom stereocenters. The van der Waals surface area contributed by atoms with E-state index < -0.39 is 65.3 Å². The summed E-state index contributed by atoms with van der Waals surface area (Å²) in [5.74, 6) is -4.50. The first-order chi connectivity index (χ1) is 19.6. The fourth-order valence-corrected chi connectivity index (χ4v) is 4.81. The number of alkyl halides is 3. The number of aliphatic hydroxyl groups excluding tert-OH is 1. The maximum Gasteiger partial charge on any atom is 0.416 e. The molecule has 4 rings (SSSR count). The third-order valence-electron chi connectivity index (χ3n) is 6.33. The first kappa shape index (κ1) is 30.9. The molecule has 1 aliphatic rings. The zero-order valence-electron chi connectivity index (χ0n) is 22.2. The summed E-state index contributed by atoms with van der Waals surface area (Å²) in [6.07, 6.45) is -5.88. The molecule has 9 nitrogen and oxygen atoms in total. The molecule has 1 aromatic heterocycles. The van der Waals surface area contributed by atoms with Crippen molar-refractivity contribution in [3.63, 3.8) is 0 Å². The SMILES string of the molecule is CN(C)CC(O)CNC(=O)c1cc(NC(=O)c2cc(F)cc(C(F)(F)F)c2)c2n1CC(=O)NC2c1cc(F)ccc1Cl. The van der Waals surface area contributed by atoms with Crippen molar-refractivity contribution in [1.29, 1.82) is 0 Å². The van der Waals surface area contributed by atoms with Crippen LogP contribution in [0.25, 0.3) is 0 Å². The van der Waals surface area contributed by atoms with Gasteiger partial charge in [0.05, 0.1) is 29.1 Å². The third-order valence-corrected chi connectivity index (χ3v) is 6.67. The number of amides is 3. The lowest BCUT2D eigenvalue weighted by molar-refractivity contribution is -0.137. The summed E-state index contributed by atoms with van der Waals surface area (Å²) in [5, 5.41) is 17.7. The molecule has 1 aliphatic heterocycles. The quantitative estimate of drug-likeness (QED) is 0.290. The van der Waals surface area contributed by atoms with Crippen molar-refractivity contribution >= 4 is 35.0 Å². The van der Waals surface area contributed by atoms with Gasteiger partial charge in [0, 0.05) is 29.2 Å². The largest absolute Gasteiger partial charge is 0.416 e. The van der Waals surface area contributed by atoms with Gasteiger partial charge in [-0.25, -0.2) is 8.78 Å². The van der Waals surface area contributed by atoms with Crippen molar-refractivity contribution in [2.45, 2.75) is 24.9 Å². The molecule has 0 bridgehead atoms. The highest BCUT2D eigenvalue weighted by Gasteiger charge is 2.36. The first-order valence-corrected chi connectivity index (χ1v) is 12.8. The van der Waals surface area contributed by atoms with E-state index in [-0.39, 0.29) is 46.8 Å². The zero-order valence-corrected chi connectivity index (χ0v) is 22.9. The van der Waals surface area contributed by atoms with Gasteiger partial charge in [-0.05, 0) is 56.6 Å². The van der Waals surface area contributed by atoms with Crippen molar-refractivity contribution in [2.24, 2.45) is 0 Å². The topological polar surface area (TPSA) is 116 Å². The number of hydrogen-bond acceptors (Lipinski definition) is 5. The van der Waals surface area contributed by atoms with Crippen molar-refractivity contribution in [3.05, 3.63) is 87.2 Å². The normalized spacial score (nSPS) is 15.7. The smallest absolute Gasteiger partial charge is 0.390 e. The van der Waals surface area contributed by atoms with E-state index in [1.807, 2.05) is 0 Å². The van der Waals surface area contributed by atoms with Gasteiger partial charge in [-0.2, -0.15) is 13.2 Å². The Kier molecular flexibility index (Phi) is 8.89. The van der Waals surface area contributed by atoms with Gasteiger partial charge in [-0.1, -0.05) is 11.6 Å². The van der Waals surface area contributed by atoms with Crippen LogP contribution in [0.2, 0.25) is 5.02 Å². The molecular formula is C27H25ClF5N5O4. The lowest BCUT2D eigenvalue weighted by Gasteiger charge is -2.29. The predicted molar refractivity (Wildman–Crippen MR) is 142 cm³/mol. The number of carbonyl (C=O) groups is 3. The van der Waals surface area contributed by atoms with Gasteiger partial charge in [-0.15, -0.1) is 0 Å². The molecule has 15 heteroatoms. The molecule has 2 unspecified atom stereocenters. The van der Waals surface area contributed by atoms with Gasteiger partial charge >= 0.3 is 6.18 Å². The van der Waals surface area contributed by atoms with Crippen LogP contribution in [0.3, 0.4) is 0 Å². The number of nitrogens with one attached hydrogen (secondary N) is 3. The summed E-state index contributed by atoms with van der Waals surface area (Å²) in [4.78, 5) is 40.7. The van der Waals surface area contributed by atoms with Gasteiger partial charge < -0.3 is 30.5 Å². The van der Waals surface area contributed by atoms with Crippen LogP contribution >= 0.6 is 11.6 Å². The van der Waals surface area contributed by atoms with E-state index in [2.05, 4.69) is 16.0 Å². The van der Waals surface area contributed by atoms with Gasteiger partial charge in [0.1, 0.15) is 23.9 Å². The molecule has 42 heavy (non-hydrogen) atoms. The van der Waals surface area contributed by atoms with Crippen LogP contribution in [0, 0.1) is 11.6 Å². The number of aromatic nitrogens is 1. The number of halogens is 6. The second-order valence-corrected chi connectivity index (χ2v) is 10.3. The second kappa shape index (κ2) is 12.1. The fraction of sp³-hybridized carbons (Fsp3) is 0.296. The second-order valence-electron chi connectivity index (χ2n) is 9.89. The maximum absolute atomic E-state index is 14.2. The maximum atomic E-state index is 14.2. The molecule has 0 saturated heterocycles. The van der Waals surface area contributed by atoms with Crippen molar-refractivity contribution in [2.75, 3.05) is 32.5 Å². The van der Waals surface area contributed by atoms with Crippen LogP contribution in [0.1, 0.15) is 43.7 Å². The van der Waals surface area contributed by atoms with E-state index in [1.165, 1.54) is 16.7 Å². The Labute approximate surface area is 241 Å². The van der Waals surface area contributed by atoms with Crippen LogP contribution < -0.4 is 16.0 Å². The van der Waals surface area contributed by atoms with Gasteiger partial charge in [0.15, 0.2) is 0 Å². The van der Waals surface area contributed by atoms with E-state index >= 15 is 0 Å². The number of fused-ring (bicyclic) bond motifs is 1. The minimum absolute atomic E-state index is 0.0337. The van der Waals surface area contributed by atoms with Crippen LogP contribution in [0.15, 0.2) is 42.5 Å². The standard InChI is InChI=1S/C27H25ClF5N5O4/c1-37(2)11-17(39)10-34-26(42)21-9-20(35-25(41)13-5-14(27(31,32)33)7-16(30)6-13)24-23(36-22(40)12-38(21)24)18-8-15(29)3-4-19(18)28/h3-9,17,23,39H,10-12H2,1-2H3,(H,34,42)(H,35,41)(H,36,40). The van der Waals surface area contributed by atoms with E-state index in [0.717, 1.165) is 12.1 Å². The average Bonchev–Trinajstić information content (AvgIpc) is 3.24. The van der Waals surface area contributed by atoms with E-state index in [0.29, 0.717) is 12.1 Å². The number of anilines is 1. The summed E-state index contributed by atoms with van der Waals surface area (Å²) in [6.45, 7) is -0.367. The van der Waals surface area contributed by atoms with Crippen LogP contribution in [0.5, 0.6) is 0 Å². The highest BCUT2D eigenvalue weighted by molar-refractivity contribution is 6.31. The molecule has 2 heterocycles. The van der Waals surface area contributed by atoms with E-state index in [4.69, 9.17) is 11.6 Å². The molecule has 4 N–H and O–H groups in total. The number of hydrogen-bond donors (Lipinski definition) is 4. The van der Waals surface area contributed by atoms with Gasteiger partial charge in [0.25, 0.3) is 11.8 Å².